The van der Waals surface area contributed by atoms with E-state index in [1.54, 1.807) is 11.3 Å². The second-order valence-corrected chi connectivity index (χ2v) is 6.03. The first-order chi connectivity index (χ1) is 8.38. The van der Waals surface area contributed by atoms with Crippen LogP contribution in [0.3, 0.4) is 0 Å². The molecule has 1 aliphatic rings. The van der Waals surface area contributed by atoms with Crippen LogP contribution in [0.25, 0.3) is 0 Å². The van der Waals surface area contributed by atoms with Gasteiger partial charge in [0.2, 0.25) is 0 Å². The Kier molecular flexibility index (Phi) is 5.39. The molecule has 0 atom stereocenters. The molecule has 2 rings (SSSR count). The standard InChI is InChI=1S/C13H23N3S/c1-2-3-4-5-6-12-15-16-13(17-12)9-10-14-11-7-8-11/h11,14H,2-10H2,1H3. The van der Waals surface area contributed by atoms with Gasteiger partial charge in [0, 0.05) is 25.4 Å². The third-order valence-corrected chi connectivity index (χ3v) is 4.14. The van der Waals surface area contributed by atoms with Crippen molar-refractivity contribution in [3.8, 4) is 0 Å². The number of aromatic nitrogens is 2. The lowest BCUT2D eigenvalue weighted by molar-refractivity contribution is 0.661. The number of aryl methyl sites for hydroxylation is 1. The number of nitrogens with zero attached hydrogens (tertiary/aromatic N) is 2. The number of nitrogens with one attached hydrogen (secondary N) is 1. The number of unbranched alkanes of at least 4 members (excludes halogenated alkanes) is 3. The summed E-state index contributed by atoms with van der Waals surface area (Å²) >= 11 is 1.80. The maximum Gasteiger partial charge on any atom is 0.118 e. The zero-order valence-corrected chi connectivity index (χ0v) is 11.6. The van der Waals surface area contributed by atoms with Crippen molar-refractivity contribution < 1.29 is 0 Å². The average Bonchev–Trinajstić information content (AvgIpc) is 3.04. The molecule has 0 unspecified atom stereocenters. The van der Waals surface area contributed by atoms with Gasteiger partial charge in [0.15, 0.2) is 0 Å². The van der Waals surface area contributed by atoms with E-state index in [0.29, 0.717) is 0 Å². The summed E-state index contributed by atoms with van der Waals surface area (Å²) in [6.45, 7) is 3.31. The summed E-state index contributed by atoms with van der Waals surface area (Å²) in [4.78, 5) is 0. The zero-order valence-electron chi connectivity index (χ0n) is 10.7. The summed E-state index contributed by atoms with van der Waals surface area (Å²) in [5.41, 5.74) is 0. The van der Waals surface area contributed by atoms with Gasteiger partial charge in [0.25, 0.3) is 0 Å². The minimum atomic E-state index is 0.802. The largest absolute Gasteiger partial charge is 0.314 e. The van der Waals surface area contributed by atoms with Crippen molar-refractivity contribution in [2.75, 3.05) is 6.54 Å². The summed E-state index contributed by atoms with van der Waals surface area (Å²) in [7, 11) is 0. The lowest BCUT2D eigenvalue weighted by Crippen LogP contribution is -2.19. The summed E-state index contributed by atoms with van der Waals surface area (Å²) in [6.07, 6.45) is 10.1. The Morgan fingerprint density at radius 3 is 2.59 bits per heavy atom. The third kappa shape index (κ3) is 5.13. The van der Waals surface area contributed by atoms with E-state index in [2.05, 4.69) is 22.4 Å². The van der Waals surface area contributed by atoms with Crippen LogP contribution in [0.5, 0.6) is 0 Å². The molecule has 1 N–H and O–H groups in total. The summed E-state index contributed by atoms with van der Waals surface area (Å²) in [6, 6.07) is 0.802. The molecule has 0 aliphatic heterocycles. The lowest BCUT2D eigenvalue weighted by Gasteiger charge is -1.98. The Hall–Kier alpha value is -0.480. The minimum absolute atomic E-state index is 0.802. The fraction of sp³-hybridized carbons (Fsp3) is 0.846. The average molecular weight is 253 g/mol. The van der Waals surface area contributed by atoms with Gasteiger partial charge in [-0.2, -0.15) is 0 Å². The molecule has 1 aromatic rings. The molecule has 0 amide bonds. The van der Waals surface area contributed by atoms with Crippen LogP contribution in [0.1, 0.15) is 55.5 Å². The molecule has 1 saturated carbocycles. The predicted octanol–water partition coefficient (Wildman–Crippen LogP) is 2.96. The molecule has 3 nitrogen and oxygen atoms in total. The second kappa shape index (κ2) is 7.07. The molecule has 0 spiro atoms. The molecule has 17 heavy (non-hydrogen) atoms. The minimum Gasteiger partial charge on any atom is -0.314 e. The first kappa shape index (κ1) is 13.0. The van der Waals surface area contributed by atoms with Crippen molar-refractivity contribution in [2.24, 2.45) is 0 Å². The quantitative estimate of drug-likeness (QED) is 0.688. The molecule has 0 aromatic carbocycles. The van der Waals surface area contributed by atoms with Crippen LogP contribution in [0.4, 0.5) is 0 Å². The fourth-order valence-corrected chi connectivity index (χ4v) is 2.75. The van der Waals surface area contributed by atoms with Crippen LogP contribution >= 0.6 is 11.3 Å². The third-order valence-electron chi connectivity index (χ3n) is 3.10. The van der Waals surface area contributed by atoms with Crippen LogP contribution in [-0.4, -0.2) is 22.8 Å². The molecule has 0 radical (unpaired) electrons. The second-order valence-electron chi connectivity index (χ2n) is 4.88. The molecule has 1 heterocycles. The molecule has 96 valence electrons. The van der Waals surface area contributed by atoms with Crippen molar-refractivity contribution in [2.45, 2.75) is 64.3 Å². The van der Waals surface area contributed by atoms with Gasteiger partial charge in [-0.1, -0.05) is 26.2 Å². The highest BCUT2D eigenvalue weighted by Crippen LogP contribution is 2.19. The normalized spacial score (nSPS) is 15.4. The number of hydrogen-bond acceptors (Lipinski definition) is 4. The van der Waals surface area contributed by atoms with Gasteiger partial charge in [-0.25, -0.2) is 0 Å². The molecule has 0 saturated heterocycles. The van der Waals surface area contributed by atoms with E-state index in [1.165, 1.54) is 48.5 Å². The molecular formula is C13H23N3S. The topological polar surface area (TPSA) is 37.8 Å². The monoisotopic (exact) mass is 253 g/mol. The SMILES string of the molecule is CCCCCCc1nnc(CCNC2CC2)s1. The van der Waals surface area contributed by atoms with Gasteiger partial charge in [-0.05, 0) is 19.3 Å². The van der Waals surface area contributed by atoms with Crippen molar-refractivity contribution in [1.29, 1.82) is 0 Å². The van der Waals surface area contributed by atoms with Crippen LogP contribution in [-0.2, 0) is 12.8 Å². The molecular weight excluding hydrogens is 230 g/mol. The van der Waals surface area contributed by atoms with Gasteiger partial charge in [-0.15, -0.1) is 21.5 Å². The summed E-state index contributed by atoms with van der Waals surface area (Å²) in [5, 5.41) is 14.5. The van der Waals surface area contributed by atoms with Crippen molar-refractivity contribution >= 4 is 11.3 Å². The molecule has 1 aromatic heterocycles. The van der Waals surface area contributed by atoms with Gasteiger partial charge in [-0.3, -0.25) is 0 Å². The number of rotatable bonds is 9. The summed E-state index contributed by atoms with van der Waals surface area (Å²) < 4.78 is 0. The molecule has 1 aliphatic carbocycles. The van der Waals surface area contributed by atoms with E-state index in [4.69, 9.17) is 0 Å². The predicted molar refractivity (Wildman–Crippen MR) is 72.5 cm³/mol. The van der Waals surface area contributed by atoms with E-state index in [-0.39, 0.29) is 0 Å². The number of hydrogen-bond donors (Lipinski definition) is 1. The van der Waals surface area contributed by atoms with E-state index < -0.39 is 0 Å². The van der Waals surface area contributed by atoms with E-state index >= 15 is 0 Å². The highest BCUT2D eigenvalue weighted by molar-refractivity contribution is 7.11. The maximum absolute atomic E-state index is 4.27. The Labute approximate surface area is 108 Å². The molecule has 0 bridgehead atoms. The highest BCUT2D eigenvalue weighted by Gasteiger charge is 2.19. The van der Waals surface area contributed by atoms with Gasteiger partial charge >= 0.3 is 0 Å². The molecule has 4 heteroatoms. The lowest BCUT2D eigenvalue weighted by atomic mass is 10.2. The maximum atomic E-state index is 4.27. The molecule has 1 fully saturated rings. The summed E-state index contributed by atoms with van der Waals surface area (Å²) in [5.74, 6) is 0. The first-order valence-corrected chi connectivity index (χ1v) is 7.74. The van der Waals surface area contributed by atoms with Crippen LogP contribution < -0.4 is 5.32 Å². The first-order valence-electron chi connectivity index (χ1n) is 6.93. The fourth-order valence-electron chi connectivity index (χ4n) is 1.86. The van der Waals surface area contributed by atoms with Gasteiger partial charge in [0.1, 0.15) is 10.0 Å². The Balaban J connectivity index is 1.60. The smallest absolute Gasteiger partial charge is 0.118 e. The van der Waals surface area contributed by atoms with E-state index in [9.17, 15) is 0 Å². The van der Waals surface area contributed by atoms with E-state index in [0.717, 1.165) is 25.4 Å². The highest BCUT2D eigenvalue weighted by atomic mass is 32.1. The Morgan fingerprint density at radius 2 is 1.88 bits per heavy atom. The van der Waals surface area contributed by atoms with Crippen molar-refractivity contribution in [1.82, 2.24) is 15.5 Å². The van der Waals surface area contributed by atoms with Crippen LogP contribution in [0.15, 0.2) is 0 Å². The zero-order chi connectivity index (χ0) is 11.9. The van der Waals surface area contributed by atoms with Crippen LogP contribution in [0.2, 0.25) is 0 Å². The van der Waals surface area contributed by atoms with Crippen molar-refractivity contribution in [3.05, 3.63) is 10.0 Å². The van der Waals surface area contributed by atoms with Crippen molar-refractivity contribution in [3.63, 3.8) is 0 Å². The Bertz CT molecular complexity index is 320. The Morgan fingerprint density at radius 1 is 1.12 bits per heavy atom. The van der Waals surface area contributed by atoms with Crippen LogP contribution in [0, 0.1) is 0 Å². The van der Waals surface area contributed by atoms with E-state index in [1.807, 2.05) is 0 Å². The van der Waals surface area contributed by atoms with Gasteiger partial charge in [0.05, 0.1) is 0 Å². The van der Waals surface area contributed by atoms with Gasteiger partial charge < -0.3 is 5.32 Å².